The molecule has 3 unspecified atom stereocenters. The summed E-state index contributed by atoms with van der Waals surface area (Å²) in [6.45, 7) is 8.45. The molecule has 0 aliphatic carbocycles. The van der Waals surface area contributed by atoms with Crippen molar-refractivity contribution < 1.29 is 23.9 Å². The summed E-state index contributed by atoms with van der Waals surface area (Å²) >= 11 is 0. The van der Waals surface area contributed by atoms with Crippen LogP contribution in [-0.4, -0.2) is 36.6 Å². The Morgan fingerprint density at radius 2 is 1.51 bits per heavy atom. The summed E-state index contributed by atoms with van der Waals surface area (Å²) in [5.41, 5.74) is 0. The highest BCUT2D eigenvalue weighted by Gasteiger charge is 2.43. The quantitative estimate of drug-likeness (QED) is 0.0949. The second-order valence-corrected chi connectivity index (χ2v) is 10.8. The van der Waals surface area contributed by atoms with Gasteiger partial charge in [0, 0.05) is 6.42 Å². The van der Waals surface area contributed by atoms with Crippen molar-refractivity contribution in [2.75, 3.05) is 0 Å². The van der Waals surface area contributed by atoms with Gasteiger partial charge in [0.1, 0.15) is 18.2 Å². The van der Waals surface area contributed by atoms with Gasteiger partial charge in [-0.3, -0.25) is 9.59 Å². The molecule has 204 valence electrons. The summed E-state index contributed by atoms with van der Waals surface area (Å²) < 4.78 is 11.4. The Bertz CT molecular complexity index is 579. The Labute approximate surface area is 214 Å². The molecule has 1 aliphatic rings. The highest BCUT2D eigenvalue weighted by atomic mass is 16.6. The number of unbranched alkanes of at least 4 members (excludes halogenated alkanes) is 11. The van der Waals surface area contributed by atoms with Crippen LogP contribution in [-0.2, 0) is 23.9 Å². The van der Waals surface area contributed by atoms with Crippen LogP contribution in [0.5, 0.6) is 0 Å². The fourth-order valence-electron chi connectivity index (χ4n) is 4.90. The second-order valence-electron chi connectivity index (χ2n) is 10.8. The third-order valence-corrected chi connectivity index (χ3v) is 7.06. The highest BCUT2D eigenvalue weighted by Crippen LogP contribution is 2.32. The van der Waals surface area contributed by atoms with Crippen LogP contribution in [0.4, 0.5) is 0 Å². The van der Waals surface area contributed by atoms with Gasteiger partial charge >= 0.3 is 11.9 Å². The minimum Gasteiger partial charge on any atom is -0.461 e. The summed E-state index contributed by atoms with van der Waals surface area (Å²) in [7, 11) is 0. The maximum absolute atomic E-state index is 12.9. The molecule has 1 heterocycles. The molecular formula is C29H53NO5. The van der Waals surface area contributed by atoms with Gasteiger partial charge in [0.15, 0.2) is 0 Å². The largest absolute Gasteiger partial charge is 0.461 e. The molecule has 35 heavy (non-hydrogen) atoms. The first-order chi connectivity index (χ1) is 16.9. The van der Waals surface area contributed by atoms with Crippen molar-refractivity contribution in [2.24, 2.45) is 11.8 Å². The number of carbonyl (C=O) groups excluding carboxylic acids is 3. The zero-order valence-corrected chi connectivity index (χ0v) is 23.0. The summed E-state index contributed by atoms with van der Waals surface area (Å²) in [5.74, 6) is -0.302. The van der Waals surface area contributed by atoms with Crippen LogP contribution in [0.25, 0.3) is 0 Å². The van der Waals surface area contributed by atoms with E-state index in [1.807, 2.05) is 13.8 Å². The number of hydrogen-bond acceptors (Lipinski definition) is 5. The van der Waals surface area contributed by atoms with Crippen LogP contribution >= 0.6 is 0 Å². The smallest absolute Gasteiger partial charge is 0.328 e. The highest BCUT2D eigenvalue weighted by molar-refractivity contribution is 5.79. The van der Waals surface area contributed by atoms with Gasteiger partial charge < -0.3 is 14.8 Å². The molecule has 0 aromatic rings. The molecule has 1 fully saturated rings. The van der Waals surface area contributed by atoms with Crippen molar-refractivity contribution >= 4 is 18.3 Å². The van der Waals surface area contributed by atoms with E-state index in [2.05, 4.69) is 19.2 Å². The number of nitrogens with one attached hydrogen (secondary N) is 1. The van der Waals surface area contributed by atoms with E-state index in [-0.39, 0.29) is 36.0 Å². The van der Waals surface area contributed by atoms with Crippen LogP contribution in [0.15, 0.2) is 0 Å². The predicted molar refractivity (Wildman–Crippen MR) is 141 cm³/mol. The average Bonchev–Trinajstić information content (AvgIpc) is 2.81. The lowest BCUT2D eigenvalue weighted by Gasteiger charge is -2.37. The Hall–Kier alpha value is -1.59. The van der Waals surface area contributed by atoms with Crippen molar-refractivity contribution in [3.63, 3.8) is 0 Å². The van der Waals surface area contributed by atoms with Gasteiger partial charge in [-0.1, -0.05) is 105 Å². The molecule has 6 nitrogen and oxygen atoms in total. The molecule has 0 aromatic heterocycles. The van der Waals surface area contributed by atoms with Crippen LogP contribution in [0.3, 0.4) is 0 Å². The van der Waals surface area contributed by atoms with E-state index in [1.165, 1.54) is 57.8 Å². The summed E-state index contributed by atoms with van der Waals surface area (Å²) in [5, 5.41) is 2.62. The number of carbonyl (C=O) groups is 3. The monoisotopic (exact) mass is 495 g/mol. The molecule has 0 bridgehead atoms. The van der Waals surface area contributed by atoms with Crippen LogP contribution in [0.1, 0.15) is 137 Å². The van der Waals surface area contributed by atoms with Crippen LogP contribution < -0.4 is 5.32 Å². The van der Waals surface area contributed by atoms with Gasteiger partial charge in [-0.2, -0.15) is 0 Å². The first-order valence-corrected chi connectivity index (χ1v) is 14.5. The van der Waals surface area contributed by atoms with Gasteiger partial charge in [0.2, 0.25) is 6.41 Å². The molecule has 0 spiro atoms. The SMILES string of the molecule is CCCCCCCCCCCC(CC1OC(=O)C1CCCCCC)OC(=O)[C@H](CC(C)C)NC=O. The number of hydrogen-bond donors (Lipinski definition) is 1. The average molecular weight is 496 g/mol. The minimum absolute atomic E-state index is 0.0734. The lowest BCUT2D eigenvalue weighted by Crippen LogP contribution is -2.48. The number of esters is 2. The Morgan fingerprint density at radius 3 is 2.06 bits per heavy atom. The van der Waals surface area contributed by atoms with Gasteiger partial charge in [-0.15, -0.1) is 0 Å². The molecule has 6 heteroatoms. The van der Waals surface area contributed by atoms with Crippen LogP contribution in [0.2, 0.25) is 0 Å². The zero-order valence-electron chi connectivity index (χ0n) is 23.0. The van der Waals surface area contributed by atoms with Gasteiger partial charge in [0.05, 0.1) is 5.92 Å². The van der Waals surface area contributed by atoms with Gasteiger partial charge in [-0.05, 0) is 31.6 Å². The maximum atomic E-state index is 12.9. The van der Waals surface area contributed by atoms with E-state index in [4.69, 9.17) is 9.47 Å². The maximum Gasteiger partial charge on any atom is 0.328 e. The molecule has 1 N–H and O–H groups in total. The number of amides is 1. The third-order valence-electron chi connectivity index (χ3n) is 7.06. The standard InChI is InChI=1S/C29H53NO5/c1-5-7-9-11-12-13-14-15-16-18-24(34-29(33)26(30-22-31)20-23(3)4)21-27-25(28(32)35-27)19-17-10-8-6-2/h22-27H,5-21H2,1-4H3,(H,30,31)/t24?,25?,26-,27?/m0/s1. The normalized spacial score (nSPS) is 19.1. The Kier molecular flexibility index (Phi) is 17.6. The van der Waals surface area contributed by atoms with Crippen LogP contribution in [0, 0.1) is 11.8 Å². The molecule has 0 aromatic carbocycles. The topological polar surface area (TPSA) is 81.7 Å². The molecule has 4 atom stereocenters. The Morgan fingerprint density at radius 1 is 0.943 bits per heavy atom. The van der Waals surface area contributed by atoms with E-state index >= 15 is 0 Å². The van der Waals surface area contributed by atoms with E-state index < -0.39 is 6.04 Å². The third kappa shape index (κ3) is 13.9. The number of rotatable bonds is 23. The minimum atomic E-state index is -0.632. The van der Waals surface area contributed by atoms with E-state index in [0.717, 1.165) is 38.5 Å². The van der Waals surface area contributed by atoms with Crippen molar-refractivity contribution in [3.05, 3.63) is 0 Å². The summed E-state index contributed by atoms with van der Waals surface area (Å²) in [4.78, 5) is 36.0. The molecule has 1 amide bonds. The van der Waals surface area contributed by atoms with Crippen molar-refractivity contribution in [2.45, 2.75) is 155 Å². The molecule has 0 radical (unpaired) electrons. The fraction of sp³-hybridized carbons (Fsp3) is 0.897. The molecule has 1 aliphatic heterocycles. The second kappa shape index (κ2) is 19.6. The molecule has 1 saturated heterocycles. The van der Waals surface area contributed by atoms with Crippen molar-refractivity contribution in [1.82, 2.24) is 5.32 Å². The zero-order chi connectivity index (χ0) is 25.9. The van der Waals surface area contributed by atoms with Gasteiger partial charge in [-0.25, -0.2) is 4.79 Å². The summed E-state index contributed by atoms with van der Waals surface area (Å²) in [6, 6.07) is -0.632. The van der Waals surface area contributed by atoms with E-state index in [0.29, 0.717) is 19.3 Å². The van der Waals surface area contributed by atoms with E-state index in [1.54, 1.807) is 0 Å². The molecule has 0 saturated carbocycles. The lowest BCUT2D eigenvalue weighted by atomic mass is 9.86. The molecule has 1 rings (SSSR count). The first-order valence-electron chi connectivity index (χ1n) is 14.5. The lowest BCUT2D eigenvalue weighted by molar-refractivity contribution is -0.190. The van der Waals surface area contributed by atoms with E-state index in [9.17, 15) is 14.4 Å². The van der Waals surface area contributed by atoms with Gasteiger partial charge in [0.25, 0.3) is 0 Å². The van der Waals surface area contributed by atoms with Crippen molar-refractivity contribution in [3.8, 4) is 0 Å². The first kappa shape index (κ1) is 31.4. The Balaban J connectivity index is 2.58. The predicted octanol–water partition coefficient (Wildman–Crippen LogP) is 6.88. The number of ether oxygens (including phenoxy) is 2. The molecular weight excluding hydrogens is 442 g/mol. The summed E-state index contributed by atoms with van der Waals surface area (Å²) in [6.07, 6.45) is 18.5. The van der Waals surface area contributed by atoms with Crippen molar-refractivity contribution in [1.29, 1.82) is 0 Å². The fourth-order valence-corrected chi connectivity index (χ4v) is 4.90. The number of cyclic esters (lactones) is 1.